The van der Waals surface area contributed by atoms with Crippen LogP contribution in [0.15, 0.2) is 71.9 Å². The van der Waals surface area contributed by atoms with E-state index in [4.69, 9.17) is 0 Å². The van der Waals surface area contributed by atoms with E-state index in [9.17, 15) is 9.59 Å². The van der Waals surface area contributed by atoms with E-state index in [1.807, 2.05) is 62.4 Å². The maximum absolute atomic E-state index is 13.1. The number of carbonyl (C=O) groups is 2. The molecule has 1 aromatic heterocycles. The van der Waals surface area contributed by atoms with Crippen molar-refractivity contribution in [1.82, 2.24) is 4.98 Å². The van der Waals surface area contributed by atoms with Crippen LogP contribution in [0, 0.1) is 13.8 Å². The molecule has 0 aliphatic carbocycles. The predicted molar refractivity (Wildman–Crippen MR) is 118 cm³/mol. The number of aryl methyl sites for hydroxylation is 2. The zero-order valence-corrected chi connectivity index (χ0v) is 16.9. The molecule has 0 fully saturated rings. The number of aliphatic imine (C=N–C) groups is 1. The monoisotopic (exact) mass is 398 g/mol. The molecule has 150 valence electrons. The van der Waals surface area contributed by atoms with Gasteiger partial charge in [-0.05, 0) is 54.8 Å². The van der Waals surface area contributed by atoms with Gasteiger partial charge in [0.25, 0.3) is 0 Å². The van der Waals surface area contributed by atoms with Crippen LogP contribution in [0.1, 0.15) is 23.1 Å². The van der Waals surface area contributed by atoms with Gasteiger partial charge < -0.3 is 5.32 Å². The summed E-state index contributed by atoms with van der Waals surface area (Å²) in [6.07, 6.45) is 1.70. The summed E-state index contributed by atoms with van der Waals surface area (Å²) in [4.78, 5) is 36.2. The van der Waals surface area contributed by atoms with Crippen LogP contribution in [0.25, 0.3) is 0 Å². The molecule has 2 heterocycles. The Morgan fingerprint density at radius 1 is 1.03 bits per heavy atom. The molecule has 1 aliphatic heterocycles. The molecule has 1 N–H and O–H groups in total. The maximum atomic E-state index is 13.1. The number of fused-ring (bicyclic) bond motifs is 1. The average Bonchev–Trinajstić information content (AvgIpc) is 2.88. The summed E-state index contributed by atoms with van der Waals surface area (Å²) in [5.41, 5.74) is 5.05. The zero-order valence-electron chi connectivity index (χ0n) is 16.9. The Labute approximate surface area is 175 Å². The standard InChI is InChI=1S/C24H22N4O2/c1-16-10-11-19(13-17(16)2)26-22(29)15-28-23(30)14-21(18-7-4-3-5-8-18)27-20-9-6-12-25-24(20)28/h3-13H,14-15H2,1-2H3,(H,26,29). The third-order valence-corrected chi connectivity index (χ3v) is 5.10. The Hall–Kier alpha value is -3.80. The Morgan fingerprint density at radius 2 is 1.83 bits per heavy atom. The highest BCUT2D eigenvalue weighted by Gasteiger charge is 2.27. The fraction of sp³-hybridized carbons (Fsp3) is 0.167. The van der Waals surface area contributed by atoms with Gasteiger partial charge in [-0.1, -0.05) is 36.4 Å². The number of anilines is 2. The number of aromatic nitrogens is 1. The molecule has 3 aromatic rings. The van der Waals surface area contributed by atoms with Crippen molar-refractivity contribution in [3.8, 4) is 0 Å². The number of rotatable bonds is 4. The van der Waals surface area contributed by atoms with Gasteiger partial charge in [0.1, 0.15) is 12.2 Å². The third-order valence-electron chi connectivity index (χ3n) is 5.10. The van der Waals surface area contributed by atoms with Crippen LogP contribution in [0.4, 0.5) is 17.2 Å². The summed E-state index contributed by atoms with van der Waals surface area (Å²) in [5, 5.41) is 2.87. The molecular weight excluding hydrogens is 376 g/mol. The number of nitrogens with one attached hydrogen (secondary N) is 1. The van der Waals surface area contributed by atoms with Crippen molar-refractivity contribution in [1.29, 1.82) is 0 Å². The molecule has 0 spiro atoms. The lowest BCUT2D eigenvalue weighted by Gasteiger charge is -2.20. The van der Waals surface area contributed by atoms with Gasteiger partial charge in [-0.2, -0.15) is 0 Å². The van der Waals surface area contributed by atoms with Gasteiger partial charge in [0, 0.05) is 11.9 Å². The van der Waals surface area contributed by atoms with Gasteiger partial charge in [-0.15, -0.1) is 0 Å². The van der Waals surface area contributed by atoms with Crippen molar-refractivity contribution < 1.29 is 9.59 Å². The first-order valence-corrected chi connectivity index (χ1v) is 9.77. The summed E-state index contributed by atoms with van der Waals surface area (Å²) in [6, 6.07) is 18.9. The fourth-order valence-electron chi connectivity index (χ4n) is 3.35. The highest BCUT2D eigenvalue weighted by molar-refractivity contribution is 6.18. The lowest BCUT2D eigenvalue weighted by atomic mass is 10.1. The number of nitrogens with zero attached hydrogens (tertiary/aromatic N) is 3. The molecule has 6 heteroatoms. The van der Waals surface area contributed by atoms with E-state index in [0.717, 1.165) is 16.7 Å². The van der Waals surface area contributed by atoms with Crippen LogP contribution >= 0.6 is 0 Å². The van der Waals surface area contributed by atoms with Crippen LogP contribution < -0.4 is 10.2 Å². The molecule has 2 aromatic carbocycles. The van der Waals surface area contributed by atoms with Crippen molar-refractivity contribution >= 4 is 34.7 Å². The first-order valence-electron chi connectivity index (χ1n) is 9.77. The Bertz CT molecular complexity index is 1140. The van der Waals surface area contributed by atoms with Crippen LogP contribution in [-0.4, -0.2) is 29.1 Å². The van der Waals surface area contributed by atoms with Crippen molar-refractivity contribution in [3.63, 3.8) is 0 Å². The summed E-state index contributed by atoms with van der Waals surface area (Å²) < 4.78 is 0. The minimum atomic E-state index is -0.286. The molecule has 0 saturated heterocycles. The van der Waals surface area contributed by atoms with E-state index in [0.29, 0.717) is 22.9 Å². The first-order chi connectivity index (χ1) is 14.5. The number of carbonyl (C=O) groups excluding carboxylic acids is 2. The predicted octanol–water partition coefficient (Wildman–Crippen LogP) is 4.19. The average molecular weight is 398 g/mol. The van der Waals surface area contributed by atoms with Crippen LogP contribution in [0.2, 0.25) is 0 Å². The van der Waals surface area contributed by atoms with Gasteiger partial charge in [0.15, 0.2) is 5.82 Å². The number of benzene rings is 2. The second-order valence-corrected chi connectivity index (χ2v) is 7.27. The molecule has 6 nitrogen and oxygen atoms in total. The SMILES string of the molecule is Cc1ccc(NC(=O)CN2C(=O)CC(c3ccccc3)=Nc3cccnc32)cc1C. The number of hydrogen-bond acceptors (Lipinski definition) is 4. The van der Waals surface area contributed by atoms with Crippen LogP contribution in [0.5, 0.6) is 0 Å². The van der Waals surface area contributed by atoms with E-state index in [1.54, 1.807) is 18.3 Å². The zero-order chi connectivity index (χ0) is 21.1. The van der Waals surface area contributed by atoms with Crippen LogP contribution in [0.3, 0.4) is 0 Å². The minimum Gasteiger partial charge on any atom is -0.325 e. The second-order valence-electron chi connectivity index (χ2n) is 7.27. The number of hydrogen-bond donors (Lipinski definition) is 1. The van der Waals surface area contributed by atoms with Crippen molar-refractivity contribution in [3.05, 3.63) is 83.6 Å². The fourth-order valence-corrected chi connectivity index (χ4v) is 3.35. The lowest BCUT2D eigenvalue weighted by Crippen LogP contribution is -2.39. The van der Waals surface area contributed by atoms with E-state index in [1.165, 1.54) is 4.90 Å². The van der Waals surface area contributed by atoms with E-state index in [2.05, 4.69) is 15.3 Å². The highest BCUT2D eigenvalue weighted by atomic mass is 16.2. The summed E-state index contributed by atoms with van der Waals surface area (Å²) in [6.45, 7) is 3.88. The molecule has 4 rings (SSSR count). The number of pyridine rings is 1. The van der Waals surface area contributed by atoms with Crippen LogP contribution in [-0.2, 0) is 9.59 Å². The van der Waals surface area contributed by atoms with Gasteiger partial charge in [-0.3, -0.25) is 14.5 Å². The molecule has 30 heavy (non-hydrogen) atoms. The van der Waals surface area contributed by atoms with Crippen molar-refractivity contribution in [2.75, 3.05) is 16.8 Å². The topological polar surface area (TPSA) is 74.7 Å². The van der Waals surface area contributed by atoms with E-state index in [-0.39, 0.29) is 24.8 Å². The Balaban J connectivity index is 1.59. The quantitative estimate of drug-likeness (QED) is 0.716. The second kappa shape index (κ2) is 8.29. The normalized spacial score (nSPS) is 13.3. The molecule has 0 unspecified atom stereocenters. The van der Waals surface area contributed by atoms with Crippen molar-refractivity contribution in [2.24, 2.45) is 4.99 Å². The largest absolute Gasteiger partial charge is 0.325 e. The molecular formula is C24H22N4O2. The maximum Gasteiger partial charge on any atom is 0.244 e. The van der Waals surface area contributed by atoms with Gasteiger partial charge in [-0.25, -0.2) is 9.98 Å². The van der Waals surface area contributed by atoms with E-state index < -0.39 is 0 Å². The van der Waals surface area contributed by atoms with Gasteiger partial charge in [0.05, 0.1) is 12.1 Å². The lowest BCUT2D eigenvalue weighted by molar-refractivity contribution is -0.120. The minimum absolute atomic E-state index is 0.0945. The summed E-state index contributed by atoms with van der Waals surface area (Å²) in [5.74, 6) is -0.111. The molecule has 2 amide bonds. The van der Waals surface area contributed by atoms with E-state index >= 15 is 0 Å². The molecule has 0 saturated carbocycles. The summed E-state index contributed by atoms with van der Waals surface area (Å²) >= 11 is 0. The number of amides is 2. The van der Waals surface area contributed by atoms with Gasteiger partial charge >= 0.3 is 0 Å². The first kappa shape index (κ1) is 19.5. The molecule has 0 radical (unpaired) electrons. The highest BCUT2D eigenvalue weighted by Crippen LogP contribution is 2.30. The Morgan fingerprint density at radius 3 is 2.60 bits per heavy atom. The molecule has 1 aliphatic rings. The smallest absolute Gasteiger partial charge is 0.244 e. The van der Waals surface area contributed by atoms with Gasteiger partial charge in [0.2, 0.25) is 11.8 Å². The molecule has 0 bridgehead atoms. The Kier molecular flexibility index (Phi) is 5.39. The summed E-state index contributed by atoms with van der Waals surface area (Å²) in [7, 11) is 0. The third kappa shape index (κ3) is 4.12. The molecule has 0 atom stereocenters. The van der Waals surface area contributed by atoms with Crippen molar-refractivity contribution in [2.45, 2.75) is 20.3 Å².